The lowest BCUT2D eigenvalue weighted by Gasteiger charge is -2.13. The van der Waals surface area contributed by atoms with E-state index in [1.807, 2.05) is 19.3 Å². The van der Waals surface area contributed by atoms with Crippen LogP contribution in [0.25, 0.3) is 11.3 Å². The maximum absolute atomic E-state index is 12.8. The van der Waals surface area contributed by atoms with Crippen LogP contribution in [0.3, 0.4) is 0 Å². The number of phenolic OH excluding ortho intramolecular Hbond substituents is 1. The molecule has 3 aromatic rings. The number of benzene rings is 1. The summed E-state index contributed by atoms with van der Waals surface area (Å²) in [4.78, 5) is 0. The van der Waals surface area contributed by atoms with E-state index in [0.29, 0.717) is 30.5 Å². The molecule has 2 N–H and O–H groups in total. The second-order valence-electron chi connectivity index (χ2n) is 6.18. The van der Waals surface area contributed by atoms with Crippen LogP contribution in [0.15, 0.2) is 36.5 Å². The van der Waals surface area contributed by atoms with Gasteiger partial charge in [-0.05, 0) is 42.8 Å². The van der Waals surface area contributed by atoms with Gasteiger partial charge in [0.05, 0.1) is 22.6 Å². The fraction of sp³-hybridized carbons (Fsp3) is 0.278. The van der Waals surface area contributed by atoms with Crippen molar-refractivity contribution >= 4 is 0 Å². The molecule has 6 nitrogen and oxygen atoms in total. The Morgan fingerprint density at radius 1 is 1.07 bits per heavy atom. The normalized spacial score (nSPS) is 11.7. The Balaban J connectivity index is 1.71. The summed E-state index contributed by atoms with van der Waals surface area (Å²) in [6.45, 7) is 2.53. The number of aryl methyl sites for hydroxylation is 2. The molecule has 0 aliphatic carbocycles. The smallest absolute Gasteiger partial charge is 0.416 e. The predicted octanol–water partition coefficient (Wildman–Crippen LogP) is 3.20. The van der Waals surface area contributed by atoms with Gasteiger partial charge in [-0.3, -0.25) is 4.68 Å². The molecule has 3 rings (SSSR count). The van der Waals surface area contributed by atoms with E-state index in [9.17, 15) is 18.3 Å². The number of aromatic hydroxyl groups is 1. The number of nitrogens with one attached hydrogen (secondary N) is 1. The van der Waals surface area contributed by atoms with Crippen molar-refractivity contribution in [2.24, 2.45) is 7.05 Å². The number of phenols is 1. The number of rotatable bonds is 5. The third-order valence-electron chi connectivity index (χ3n) is 4.00. The van der Waals surface area contributed by atoms with Crippen LogP contribution in [0.5, 0.6) is 5.75 Å². The van der Waals surface area contributed by atoms with E-state index in [4.69, 9.17) is 0 Å². The molecule has 0 bridgehead atoms. The average molecular weight is 377 g/mol. The molecule has 0 aliphatic rings. The molecule has 0 spiro atoms. The van der Waals surface area contributed by atoms with Gasteiger partial charge < -0.3 is 10.4 Å². The molecule has 0 atom stereocenters. The van der Waals surface area contributed by atoms with E-state index in [-0.39, 0.29) is 11.1 Å². The van der Waals surface area contributed by atoms with Crippen LogP contribution in [0.2, 0.25) is 0 Å². The molecule has 2 aromatic heterocycles. The Hall–Kier alpha value is -2.94. The van der Waals surface area contributed by atoms with Gasteiger partial charge in [0, 0.05) is 31.9 Å². The first-order valence-corrected chi connectivity index (χ1v) is 8.17. The molecule has 9 heteroatoms. The zero-order valence-electron chi connectivity index (χ0n) is 14.7. The van der Waals surface area contributed by atoms with Crippen molar-refractivity contribution in [3.63, 3.8) is 0 Å². The summed E-state index contributed by atoms with van der Waals surface area (Å²) in [6, 6.07) is 6.92. The second kappa shape index (κ2) is 7.36. The largest absolute Gasteiger partial charge is 0.507 e. The first-order valence-electron chi connectivity index (χ1n) is 8.17. The minimum Gasteiger partial charge on any atom is -0.507 e. The first kappa shape index (κ1) is 18.8. The monoisotopic (exact) mass is 377 g/mol. The van der Waals surface area contributed by atoms with Crippen molar-refractivity contribution in [3.05, 3.63) is 59.0 Å². The van der Waals surface area contributed by atoms with E-state index in [1.54, 1.807) is 16.8 Å². The van der Waals surface area contributed by atoms with E-state index in [2.05, 4.69) is 20.6 Å². The van der Waals surface area contributed by atoms with Crippen molar-refractivity contribution in [1.29, 1.82) is 0 Å². The topological polar surface area (TPSA) is 75.9 Å². The Morgan fingerprint density at radius 3 is 2.37 bits per heavy atom. The van der Waals surface area contributed by atoms with E-state index in [0.717, 1.165) is 11.8 Å². The molecule has 27 heavy (non-hydrogen) atoms. The van der Waals surface area contributed by atoms with Crippen LogP contribution in [0, 0.1) is 6.92 Å². The number of alkyl halides is 3. The standard InChI is InChI=1S/C18H18F3N5O/c1-11-7-12(18(19,20)21)8-16(27)17(11)15-4-3-13(23-24-15)9-22-10-14-5-6-26(2)25-14/h3-8,22,27H,9-10H2,1-2H3. The molecule has 2 heterocycles. The molecule has 0 fully saturated rings. The van der Waals surface area contributed by atoms with Crippen molar-refractivity contribution in [1.82, 2.24) is 25.3 Å². The summed E-state index contributed by atoms with van der Waals surface area (Å²) in [7, 11) is 1.84. The van der Waals surface area contributed by atoms with Gasteiger partial charge in [0.2, 0.25) is 0 Å². The SMILES string of the molecule is Cc1cc(C(F)(F)F)cc(O)c1-c1ccc(CNCc2ccn(C)n2)nn1. The second-order valence-corrected chi connectivity index (χ2v) is 6.18. The Bertz CT molecular complexity index is 912. The van der Waals surface area contributed by atoms with Crippen LogP contribution < -0.4 is 5.32 Å². The molecule has 0 saturated heterocycles. The minimum absolute atomic E-state index is 0.239. The van der Waals surface area contributed by atoms with Crippen molar-refractivity contribution in [3.8, 4) is 17.0 Å². The Morgan fingerprint density at radius 2 is 1.81 bits per heavy atom. The first-order chi connectivity index (χ1) is 12.7. The van der Waals surface area contributed by atoms with Crippen molar-refractivity contribution in [2.75, 3.05) is 0 Å². The van der Waals surface area contributed by atoms with Gasteiger partial charge in [0.25, 0.3) is 0 Å². The van der Waals surface area contributed by atoms with Gasteiger partial charge in [0.15, 0.2) is 0 Å². The summed E-state index contributed by atoms with van der Waals surface area (Å²) >= 11 is 0. The molecule has 0 radical (unpaired) electrons. The summed E-state index contributed by atoms with van der Waals surface area (Å²) in [6.07, 6.45) is -2.67. The minimum atomic E-state index is -4.52. The molecular weight excluding hydrogens is 359 g/mol. The highest BCUT2D eigenvalue weighted by atomic mass is 19.4. The summed E-state index contributed by atoms with van der Waals surface area (Å²) in [5.74, 6) is -0.474. The van der Waals surface area contributed by atoms with Gasteiger partial charge in [-0.15, -0.1) is 0 Å². The predicted molar refractivity (Wildman–Crippen MR) is 92.6 cm³/mol. The van der Waals surface area contributed by atoms with Crippen LogP contribution in [0.1, 0.15) is 22.5 Å². The van der Waals surface area contributed by atoms with Crippen molar-refractivity contribution < 1.29 is 18.3 Å². The van der Waals surface area contributed by atoms with Crippen LogP contribution in [-0.2, 0) is 26.3 Å². The van der Waals surface area contributed by atoms with E-state index < -0.39 is 17.5 Å². The number of halogens is 3. The lowest BCUT2D eigenvalue weighted by atomic mass is 10.0. The van der Waals surface area contributed by atoms with E-state index in [1.165, 1.54) is 6.92 Å². The number of hydrogen-bond acceptors (Lipinski definition) is 5. The third kappa shape index (κ3) is 4.43. The Labute approximate surface area is 153 Å². The van der Waals surface area contributed by atoms with Gasteiger partial charge in [-0.2, -0.15) is 28.5 Å². The molecule has 142 valence electrons. The molecule has 0 unspecified atom stereocenters. The van der Waals surface area contributed by atoms with Gasteiger partial charge in [-0.25, -0.2) is 0 Å². The fourth-order valence-electron chi connectivity index (χ4n) is 2.73. The highest BCUT2D eigenvalue weighted by Gasteiger charge is 2.32. The number of nitrogens with zero attached hydrogens (tertiary/aromatic N) is 4. The van der Waals surface area contributed by atoms with Crippen molar-refractivity contribution in [2.45, 2.75) is 26.2 Å². The molecular formula is C18H18F3N5O. The summed E-state index contributed by atoms with van der Waals surface area (Å²) in [5.41, 5.74) is 1.49. The number of hydrogen-bond donors (Lipinski definition) is 2. The highest BCUT2D eigenvalue weighted by molar-refractivity contribution is 5.71. The highest BCUT2D eigenvalue weighted by Crippen LogP contribution is 2.38. The molecule has 0 amide bonds. The summed E-state index contributed by atoms with van der Waals surface area (Å²) in [5, 5.41) is 25.6. The van der Waals surface area contributed by atoms with Gasteiger partial charge in [0.1, 0.15) is 5.75 Å². The van der Waals surface area contributed by atoms with Gasteiger partial charge in [-0.1, -0.05) is 0 Å². The maximum Gasteiger partial charge on any atom is 0.416 e. The Kier molecular flexibility index (Phi) is 5.13. The third-order valence-corrected chi connectivity index (χ3v) is 4.00. The molecule has 0 saturated carbocycles. The summed E-state index contributed by atoms with van der Waals surface area (Å²) < 4.78 is 40.2. The van der Waals surface area contributed by atoms with Crippen LogP contribution in [0.4, 0.5) is 13.2 Å². The maximum atomic E-state index is 12.8. The van der Waals surface area contributed by atoms with Crippen LogP contribution in [-0.4, -0.2) is 25.1 Å². The molecule has 1 aromatic carbocycles. The zero-order valence-corrected chi connectivity index (χ0v) is 14.7. The van der Waals surface area contributed by atoms with Gasteiger partial charge >= 0.3 is 6.18 Å². The van der Waals surface area contributed by atoms with Crippen LogP contribution >= 0.6 is 0 Å². The zero-order chi connectivity index (χ0) is 19.6. The fourth-order valence-corrected chi connectivity index (χ4v) is 2.73. The number of aromatic nitrogens is 4. The van der Waals surface area contributed by atoms with E-state index >= 15 is 0 Å². The quantitative estimate of drug-likeness (QED) is 0.714. The lowest BCUT2D eigenvalue weighted by molar-refractivity contribution is -0.137. The average Bonchev–Trinajstić information content (AvgIpc) is 3.00. The lowest BCUT2D eigenvalue weighted by Crippen LogP contribution is -2.14. The molecule has 0 aliphatic heterocycles.